The van der Waals surface area contributed by atoms with Crippen molar-refractivity contribution >= 4 is 70.0 Å². The Hall–Kier alpha value is -3.83. The van der Waals surface area contributed by atoms with Crippen LogP contribution in [0.3, 0.4) is 0 Å². The van der Waals surface area contributed by atoms with E-state index in [0.29, 0.717) is 0 Å². The summed E-state index contributed by atoms with van der Waals surface area (Å²) in [7, 11) is 0. The third kappa shape index (κ3) is 6.14. The minimum Gasteiger partial charge on any atom is -0.512 e. The van der Waals surface area contributed by atoms with Crippen LogP contribution in [-0.2, 0) is 24.9 Å². The zero-order chi connectivity index (χ0) is 31.5. The maximum atomic E-state index is 11.7. The molecule has 3 heterocycles. The van der Waals surface area contributed by atoms with Gasteiger partial charge in [0.1, 0.15) is 0 Å². The van der Waals surface area contributed by atoms with Crippen LogP contribution < -0.4 is 0 Å². The zero-order valence-corrected chi connectivity index (χ0v) is 29.9. The van der Waals surface area contributed by atoms with Gasteiger partial charge in [0.2, 0.25) is 0 Å². The van der Waals surface area contributed by atoms with Gasteiger partial charge in [-0.1, -0.05) is 87.0 Å². The first-order valence-electron chi connectivity index (χ1n) is 16.0. The van der Waals surface area contributed by atoms with Gasteiger partial charge >= 0.3 is 0 Å². The fourth-order valence-corrected chi connectivity index (χ4v) is 7.59. The molecule has 7 aromatic rings. The molecule has 0 aliphatic rings. The van der Waals surface area contributed by atoms with Crippen molar-refractivity contribution < 1.29 is 30.0 Å². The number of para-hydroxylation sites is 1. The number of rotatable bonds is 8. The molecular formula is C40H39IrN2O2S-. The van der Waals surface area contributed by atoms with E-state index in [0.717, 1.165) is 47.8 Å². The number of carbonyl (C=O) groups is 1. The van der Waals surface area contributed by atoms with Crippen molar-refractivity contribution in [2.24, 2.45) is 11.8 Å². The molecule has 0 aliphatic carbocycles. The van der Waals surface area contributed by atoms with Crippen LogP contribution in [-0.4, -0.2) is 20.4 Å². The van der Waals surface area contributed by atoms with Crippen LogP contribution >= 0.6 is 11.3 Å². The maximum Gasteiger partial charge on any atom is 0.162 e. The molecule has 3 aromatic heterocycles. The average Bonchev–Trinajstić information content (AvgIpc) is 3.40. The van der Waals surface area contributed by atoms with Gasteiger partial charge in [0.25, 0.3) is 0 Å². The Morgan fingerprint density at radius 1 is 0.848 bits per heavy atom. The van der Waals surface area contributed by atoms with Crippen LogP contribution in [0.1, 0.15) is 53.4 Å². The van der Waals surface area contributed by atoms with Crippen molar-refractivity contribution in [3.63, 3.8) is 0 Å². The number of pyridine rings is 1. The first-order valence-corrected chi connectivity index (χ1v) is 16.9. The van der Waals surface area contributed by atoms with Crippen LogP contribution in [0.15, 0.2) is 103 Å². The predicted octanol–water partition coefficient (Wildman–Crippen LogP) is 11.4. The molecule has 0 saturated carbocycles. The molecule has 6 heteroatoms. The molecule has 0 fully saturated rings. The number of allylic oxidation sites excluding steroid dienone is 2. The molecule has 7 rings (SSSR count). The Bertz CT molecular complexity index is 2150. The Balaban J connectivity index is 0.000000225. The van der Waals surface area contributed by atoms with Crippen molar-refractivity contribution in [3.8, 4) is 5.69 Å². The Morgan fingerprint density at radius 3 is 2.24 bits per heavy atom. The van der Waals surface area contributed by atoms with Gasteiger partial charge < -0.3 is 14.7 Å². The summed E-state index contributed by atoms with van der Waals surface area (Å²) in [5, 5.41) is 15.7. The second-order valence-electron chi connectivity index (χ2n) is 11.6. The first-order chi connectivity index (χ1) is 22.0. The van der Waals surface area contributed by atoms with E-state index in [4.69, 9.17) is 4.98 Å². The molecule has 0 unspecified atom stereocenters. The van der Waals surface area contributed by atoms with E-state index in [1.165, 1.54) is 42.5 Å². The average molecular weight is 804 g/mol. The third-order valence-electron chi connectivity index (χ3n) is 9.01. The zero-order valence-electron chi connectivity index (χ0n) is 26.7. The number of hydrogen-bond acceptors (Lipinski definition) is 4. The largest absolute Gasteiger partial charge is 0.512 e. The molecule has 4 nitrogen and oxygen atoms in total. The topological polar surface area (TPSA) is 55.1 Å². The number of aromatic nitrogens is 2. The molecule has 0 aliphatic heterocycles. The van der Waals surface area contributed by atoms with Crippen LogP contribution in [0.4, 0.5) is 0 Å². The van der Waals surface area contributed by atoms with Gasteiger partial charge in [-0.2, -0.15) is 0 Å². The SMILES string of the molecule is CCC(CC)C(=O)/C=C(\O)C(CC)CC.[Ir].[c-]1cc2ccccc2c2c1c1nccc3sc4cccc(c4c31)n2-c1ccccc1. The van der Waals surface area contributed by atoms with E-state index >= 15 is 0 Å². The molecule has 46 heavy (non-hydrogen) atoms. The Morgan fingerprint density at radius 2 is 1.52 bits per heavy atom. The Kier molecular flexibility index (Phi) is 10.7. The number of hydrogen-bond donors (Lipinski definition) is 1. The van der Waals surface area contributed by atoms with Crippen LogP contribution in [0.25, 0.3) is 58.6 Å². The summed E-state index contributed by atoms with van der Waals surface area (Å²) in [6.45, 7) is 8.07. The molecule has 0 bridgehead atoms. The molecule has 4 aromatic carbocycles. The van der Waals surface area contributed by atoms with Gasteiger partial charge in [0.05, 0.1) is 5.76 Å². The van der Waals surface area contributed by atoms with Crippen molar-refractivity contribution in [1.82, 2.24) is 9.55 Å². The number of carbonyl (C=O) groups excluding carboxylic acids is 1. The fourth-order valence-electron chi connectivity index (χ4n) is 6.47. The van der Waals surface area contributed by atoms with Gasteiger partial charge in [0.15, 0.2) is 5.78 Å². The number of aliphatic hydroxyl groups is 1. The molecule has 1 radical (unpaired) electrons. The number of aliphatic hydroxyl groups excluding tert-OH is 1. The third-order valence-corrected chi connectivity index (χ3v) is 10.1. The summed E-state index contributed by atoms with van der Waals surface area (Å²) in [6.07, 6.45) is 6.83. The van der Waals surface area contributed by atoms with Crippen LogP contribution in [0.5, 0.6) is 0 Å². The predicted molar refractivity (Wildman–Crippen MR) is 192 cm³/mol. The second-order valence-corrected chi connectivity index (χ2v) is 12.6. The molecule has 0 saturated heterocycles. The van der Waals surface area contributed by atoms with E-state index in [9.17, 15) is 9.90 Å². The van der Waals surface area contributed by atoms with Gasteiger partial charge in [-0.05, 0) is 72.4 Å². The quantitative estimate of drug-likeness (QED) is 0.0946. The maximum absolute atomic E-state index is 11.7. The van der Waals surface area contributed by atoms with E-state index in [-0.39, 0.29) is 43.5 Å². The Labute approximate surface area is 288 Å². The van der Waals surface area contributed by atoms with Gasteiger partial charge in [-0.15, -0.1) is 28.9 Å². The molecule has 0 atom stereocenters. The van der Waals surface area contributed by atoms with Crippen molar-refractivity contribution in [1.29, 1.82) is 0 Å². The monoisotopic (exact) mass is 804 g/mol. The summed E-state index contributed by atoms with van der Waals surface area (Å²) >= 11 is 1.83. The molecular weight excluding hydrogens is 765 g/mol. The van der Waals surface area contributed by atoms with Crippen LogP contribution in [0.2, 0.25) is 0 Å². The fraction of sp³-hybridized carbons (Fsp3) is 0.250. The molecule has 0 amide bonds. The summed E-state index contributed by atoms with van der Waals surface area (Å²) < 4.78 is 4.95. The van der Waals surface area contributed by atoms with Crippen molar-refractivity contribution in [3.05, 3.63) is 109 Å². The number of benzene rings is 4. The molecule has 237 valence electrons. The van der Waals surface area contributed by atoms with E-state index in [1.54, 1.807) is 0 Å². The van der Waals surface area contributed by atoms with E-state index in [2.05, 4.69) is 95.6 Å². The number of fused-ring (bicyclic) bond motifs is 4. The standard InChI is InChI=1S/C27H15N2S.C13H24O2.Ir/c1-2-8-18(9-3-1)29-21-11-6-12-22-24(21)25-23(30-22)15-16-28-26(25)20-14-13-17-7-4-5-10-19(17)27(20)29;1-5-10(6-2)12(14)9-13(15)11(7-3)8-4;/h1-13,15-16H;9-11,14H,5-8H2,1-4H3;/q-1;;/b;12-9-;. The summed E-state index contributed by atoms with van der Waals surface area (Å²) in [4.78, 5) is 16.6. The minimum absolute atomic E-state index is 0. The van der Waals surface area contributed by atoms with E-state index < -0.39 is 0 Å². The van der Waals surface area contributed by atoms with Crippen molar-refractivity contribution in [2.45, 2.75) is 53.4 Å². The van der Waals surface area contributed by atoms with Gasteiger partial charge in [-0.25, -0.2) is 0 Å². The summed E-state index contributed by atoms with van der Waals surface area (Å²) in [5.41, 5.74) is 4.50. The summed E-state index contributed by atoms with van der Waals surface area (Å²) in [5.74, 6) is 0.547. The minimum atomic E-state index is 0. The normalized spacial score (nSPS) is 11.9. The number of nitrogens with zero attached hydrogens (tertiary/aromatic N) is 2. The number of ketones is 1. The van der Waals surface area contributed by atoms with Crippen molar-refractivity contribution in [2.75, 3.05) is 0 Å². The van der Waals surface area contributed by atoms with Crippen LogP contribution in [0, 0.1) is 17.9 Å². The second kappa shape index (κ2) is 14.7. The number of thiophene rings is 1. The molecule has 0 spiro atoms. The summed E-state index contributed by atoms with van der Waals surface area (Å²) in [6, 6.07) is 33.6. The first kappa shape index (κ1) is 33.5. The van der Waals surface area contributed by atoms with Gasteiger partial charge in [-0.3, -0.25) is 4.79 Å². The van der Waals surface area contributed by atoms with Gasteiger partial charge in [0, 0.05) is 70.2 Å². The smallest absolute Gasteiger partial charge is 0.162 e. The van der Waals surface area contributed by atoms with E-state index in [1.807, 2.05) is 45.2 Å². The molecule has 1 N–H and O–H groups in total.